The summed E-state index contributed by atoms with van der Waals surface area (Å²) in [6.07, 6.45) is 5.82. The number of benzene rings is 2. The van der Waals surface area contributed by atoms with E-state index in [0.717, 1.165) is 47.4 Å². The molecule has 4 aromatic rings. The summed E-state index contributed by atoms with van der Waals surface area (Å²) in [5, 5.41) is 4.77. The molecule has 7 heteroatoms. The minimum Gasteiger partial charge on any atom is -0.455 e. The normalized spacial score (nSPS) is 13.2. The second-order valence-electron chi connectivity index (χ2n) is 8.15. The number of hydrogen-bond donors (Lipinski definition) is 1. The van der Waals surface area contributed by atoms with Crippen molar-refractivity contribution in [1.29, 1.82) is 0 Å². The highest BCUT2D eigenvalue weighted by molar-refractivity contribution is 7.16. The Morgan fingerprint density at radius 1 is 1.03 bits per heavy atom. The maximum atomic E-state index is 13.2. The first kappa shape index (κ1) is 22.9. The first-order valence-electron chi connectivity index (χ1n) is 11.1. The molecule has 1 N–H and O–H groups in total. The van der Waals surface area contributed by atoms with Gasteiger partial charge in [0.15, 0.2) is 0 Å². The van der Waals surface area contributed by atoms with Crippen LogP contribution >= 0.6 is 34.5 Å². The number of hydrogen-bond acceptors (Lipinski definition) is 4. The van der Waals surface area contributed by atoms with Gasteiger partial charge in [-0.05, 0) is 67.1 Å². The molecular weight excluding hydrogens is 487 g/mol. The van der Waals surface area contributed by atoms with Gasteiger partial charge in [0.05, 0.1) is 21.8 Å². The van der Waals surface area contributed by atoms with Crippen molar-refractivity contribution in [3.05, 3.63) is 98.0 Å². The number of aliphatic imine (C=N–C) groups is 1. The Morgan fingerprint density at radius 2 is 1.85 bits per heavy atom. The van der Waals surface area contributed by atoms with Gasteiger partial charge in [-0.15, -0.1) is 11.3 Å². The molecule has 0 saturated carbocycles. The average Bonchev–Trinajstić information content (AvgIpc) is 3.48. The number of furan rings is 1. The number of thiophene rings is 1. The summed E-state index contributed by atoms with van der Waals surface area (Å²) in [6, 6.07) is 19.0. The van der Waals surface area contributed by atoms with Gasteiger partial charge in [-0.2, -0.15) is 0 Å². The standard InChI is InChI=1S/C27H22Cl2N2O2S/c28-21-12-10-18(14-22(21)29)23-13-11-19(33-23)16-31-27-25(20-8-4-5-9-24(20)34-27)26(32)30-15-17-6-2-1-3-7-17/h1-3,6-7,10-14,16H,4-5,8-9,15H2,(H,30,32). The molecule has 2 heterocycles. The lowest BCUT2D eigenvalue weighted by Crippen LogP contribution is -2.24. The molecule has 0 unspecified atom stereocenters. The fraction of sp³-hybridized carbons (Fsp3) is 0.185. The van der Waals surface area contributed by atoms with Crippen molar-refractivity contribution in [2.45, 2.75) is 32.2 Å². The van der Waals surface area contributed by atoms with E-state index in [2.05, 4.69) is 10.3 Å². The highest BCUT2D eigenvalue weighted by atomic mass is 35.5. The number of nitrogens with one attached hydrogen (secondary N) is 1. The van der Waals surface area contributed by atoms with Gasteiger partial charge >= 0.3 is 0 Å². The summed E-state index contributed by atoms with van der Waals surface area (Å²) in [7, 11) is 0. The van der Waals surface area contributed by atoms with E-state index in [1.807, 2.05) is 48.5 Å². The van der Waals surface area contributed by atoms with Crippen LogP contribution in [0.4, 0.5) is 5.00 Å². The molecular formula is C27H22Cl2N2O2S. The third-order valence-corrected chi connectivity index (χ3v) is 7.75. The van der Waals surface area contributed by atoms with Crippen LogP contribution in [0.25, 0.3) is 11.3 Å². The van der Waals surface area contributed by atoms with E-state index in [0.29, 0.717) is 33.7 Å². The molecule has 0 aliphatic heterocycles. The van der Waals surface area contributed by atoms with Crippen LogP contribution in [0.1, 0.15) is 45.0 Å². The van der Waals surface area contributed by atoms with Crippen molar-refractivity contribution in [3.63, 3.8) is 0 Å². The first-order chi connectivity index (χ1) is 16.6. The minimum atomic E-state index is -0.0775. The zero-order valence-electron chi connectivity index (χ0n) is 18.3. The molecule has 5 rings (SSSR count). The van der Waals surface area contributed by atoms with Crippen LogP contribution in [0.15, 0.2) is 70.1 Å². The van der Waals surface area contributed by atoms with Crippen molar-refractivity contribution in [2.75, 3.05) is 0 Å². The summed E-state index contributed by atoms with van der Waals surface area (Å²) in [6.45, 7) is 0.485. The SMILES string of the molecule is O=C(NCc1ccccc1)c1c(N=Cc2ccc(-c3ccc(Cl)c(Cl)c3)o2)sc2c1CCCC2. The largest absolute Gasteiger partial charge is 0.455 e. The number of carbonyl (C=O) groups excluding carboxylic acids is 1. The highest BCUT2D eigenvalue weighted by Crippen LogP contribution is 2.40. The van der Waals surface area contributed by atoms with Crippen LogP contribution in [-0.2, 0) is 19.4 Å². The lowest BCUT2D eigenvalue weighted by molar-refractivity contribution is 0.0951. The smallest absolute Gasteiger partial charge is 0.254 e. The molecule has 0 atom stereocenters. The number of carbonyl (C=O) groups is 1. The predicted octanol–water partition coefficient (Wildman–Crippen LogP) is 7.87. The molecule has 1 amide bonds. The van der Waals surface area contributed by atoms with Crippen LogP contribution in [-0.4, -0.2) is 12.1 Å². The van der Waals surface area contributed by atoms with Gasteiger partial charge in [0, 0.05) is 17.0 Å². The van der Waals surface area contributed by atoms with Gasteiger partial charge in [0.25, 0.3) is 5.91 Å². The highest BCUT2D eigenvalue weighted by Gasteiger charge is 2.25. The summed E-state index contributed by atoms with van der Waals surface area (Å²) >= 11 is 13.8. The summed E-state index contributed by atoms with van der Waals surface area (Å²) in [5.74, 6) is 1.20. The predicted molar refractivity (Wildman–Crippen MR) is 140 cm³/mol. The number of fused-ring (bicyclic) bond motifs is 1. The van der Waals surface area contributed by atoms with E-state index in [1.165, 1.54) is 4.88 Å². The average molecular weight is 509 g/mol. The Hall–Kier alpha value is -2.86. The lowest BCUT2D eigenvalue weighted by atomic mass is 9.95. The van der Waals surface area contributed by atoms with Crippen LogP contribution in [0, 0.1) is 0 Å². The molecule has 34 heavy (non-hydrogen) atoms. The van der Waals surface area contributed by atoms with E-state index in [4.69, 9.17) is 27.6 Å². The Bertz CT molecular complexity index is 1360. The maximum absolute atomic E-state index is 13.2. The van der Waals surface area contributed by atoms with Crippen LogP contribution in [0.3, 0.4) is 0 Å². The molecule has 172 valence electrons. The Morgan fingerprint density at radius 3 is 2.68 bits per heavy atom. The number of amides is 1. The van der Waals surface area contributed by atoms with E-state index < -0.39 is 0 Å². The number of aryl methyl sites for hydroxylation is 1. The number of rotatable bonds is 6. The van der Waals surface area contributed by atoms with Gasteiger partial charge in [-0.1, -0.05) is 53.5 Å². The quantitative estimate of drug-likeness (QED) is 0.269. The first-order valence-corrected chi connectivity index (χ1v) is 12.7. The van der Waals surface area contributed by atoms with Gasteiger partial charge in [0.1, 0.15) is 16.5 Å². The molecule has 1 aliphatic rings. The molecule has 0 saturated heterocycles. The lowest BCUT2D eigenvalue weighted by Gasteiger charge is -2.12. The fourth-order valence-corrected chi connectivity index (χ4v) is 5.62. The molecule has 0 fully saturated rings. The third kappa shape index (κ3) is 4.97. The van der Waals surface area contributed by atoms with E-state index in [9.17, 15) is 4.79 Å². The Labute approximate surface area is 212 Å². The van der Waals surface area contributed by atoms with Gasteiger partial charge < -0.3 is 9.73 Å². The van der Waals surface area contributed by atoms with Crippen molar-refractivity contribution in [1.82, 2.24) is 5.32 Å². The number of halogens is 2. The van der Waals surface area contributed by atoms with Gasteiger partial charge in [-0.3, -0.25) is 4.79 Å². The molecule has 0 bridgehead atoms. The molecule has 0 radical (unpaired) electrons. The monoisotopic (exact) mass is 508 g/mol. The Kier molecular flexibility index (Phi) is 6.86. The maximum Gasteiger partial charge on any atom is 0.254 e. The summed E-state index contributed by atoms with van der Waals surface area (Å²) in [4.78, 5) is 19.2. The van der Waals surface area contributed by atoms with E-state index in [1.54, 1.807) is 29.7 Å². The third-order valence-electron chi connectivity index (χ3n) is 5.82. The topological polar surface area (TPSA) is 54.6 Å². The Balaban J connectivity index is 1.39. The van der Waals surface area contributed by atoms with Gasteiger partial charge in [-0.25, -0.2) is 4.99 Å². The van der Waals surface area contributed by atoms with Crippen molar-refractivity contribution in [3.8, 4) is 11.3 Å². The summed E-state index contributed by atoms with van der Waals surface area (Å²) < 4.78 is 5.95. The molecule has 1 aliphatic carbocycles. The zero-order chi connectivity index (χ0) is 23.5. The molecule has 2 aromatic heterocycles. The van der Waals surface area contributed by atoms with Crippen LogP contribution < -0.4 is 5.32 Å². The summed E-state index contributed by atoms with van der Waals surface area (Å²) in [5.41, 5.74) is 3.74. The fourth-order valence-electron chi connectivity index (χ4n) is 4.09. The molecule has 2 aromatic carbocycles. The van der Waals surface area contributed by atoms with Crippen molar-refractivity contribution >= 4 is 51.7 Å². The van der Waals surface area contributed by atoms with Crippen molar-refractivity contribution < 1.29 is 9.21 Å². The zero-order valence-corrected chi connectivity index (χ0v) is 20.6. The van der Waals surface area contributed by atoms with Gasteiger partial charge in [0.2, 0.25) is 0 Å². The van der Waals surface area contributed by atoms with E-state index in [-0.39, 0.29) is 5.91 Å². The molecule has 4 nitrogen and oxygen atoms in total. The second kappa shape index (κ2) is 10.2. The minimum absolute atomic E-state index is 0.0775. The van der Waals surface area contributed by atoms with Crippen LogP contribution in [0.2, 0.25) is 10.0 Å². The van der Waals surface area contributed by atoms with E-state index >= 15 is 0 Å². The molecule has 0 spiro atoms. The van der Waals surface area contributed by atoms with Crippen molar-refractivity contribution in [2.24, 2.45) is 4.99 Å². The second-order valence-corrected chi connectivity index (χ2v) is 10.0. The number of nitrogens with zero attached hydrogens (tertiary/aromatic N) is 1. The van der Waals surface area contributed by atoms with Crippen LogP contribution in [0.5, 0.6) is 0 Å².